The van der Waals surface area contributed by atoms with Gasteiger partial charge in [-0.15, -0.1) is 0 Å². The Kier molecular flexibility index (Phi) is 5.68. The van der Waals surface area contributed by atoms with Gasteiger partial charge in [0.05, 0.1) is 25.7 Å². The van der Waals surface area contributed by atoms with Crippen LogP contribution >= 0.6 is 0 Å². The summed E-state index contributed by atoms with van der Waals surface area (Å²) < 4.78 is 55.6. The first-order valence-electron chi connectivity index (χ1n) is 4.01. The first kappa shape index (κ1) is 15.1. The fourth-order valence-electron chi connectivity index (χ4n) is 0.675. The molecule has 96 valence electrons. The molecule has 0 N–H and O–H groups in total. The van der Waals surface area contributed by atoms with E-state index in [2.05, 4.69) is 13.1 Å². The molecule has 0 fully saturated rings. The van der Waals surface area contributed by atoms with Crippen molar-refractivity contribution >= 4 is 26.4 Å². The Hall–Kier alpha value is -0.870. The summed E-state index contributed by atoms with van der Waals surface area (Å²) in [5.74, 6) is -1.10. The van der Waals surface area contributed by atoms with E-state index in [0.717, 1.165) is 14.2 Å². The minimum absolute atomic E-state index is 0.241. The van der Waals surface area contributed by atoms with Gasteiger partial charge in [-0.05, 0) is 6.42 Å². The van der Waals surface area contributed by atoms with Gasteiger partial charge < -0.3 is 8.92 Å². The minimum Gasteiger partial charge on any atom is -0.437 e. The molecule has 0 saturated heterocycles. The Labute approximate surface area is 93.7 Å². The van der Waals surface area contributed by atoms with Crippen molar-refractivity contribution in [1.29, 1.82) is 0 Å². The maximum Gasteiger partial charge on any atom is 0.523 e. The first-order chi connectivity index (χ1) is 7.22. The van der Waals surface area contributed by atoms with Gasteiger partial charge in [0.1, 0.15) is 0 Å². The van der Waals surface area contributed by atoms with Gasteiger partial charge in [0.25, 0.3) is 10.1 Å². The van der Waals surface area contributed by atoms with Crippen LogP contribution in [0.5, 0.6) is 0 Å². The van der Waals surface area contributed by atoms with E-state index >= 15 is 0 Å². The van der Waals surface area contributed by atoms with Crippen molar-refractivity contribution in [3.05, 3.63) is 0 Å². The van der Waals surface area contributed by atoms with Crippen molar-refractivity contribution < 1.29 is 34.7 Å². The minimum atomic E-state index is -4.12. The molecule has 0 saturated carbocycles. The summed E-state index contributed by atoms with van der Waals surface area (Å²) in [7, 11) is -5.91. The van der Waals surface area contributed by atoms with E-state index in [0.29, 0.717) is 0 Å². The molecule has 0 spiro atoms. The Morgan fingerprint density at radius 3 is 1.94 bits per heavy atom. The summed E-state index contributed by atoms with van der Waals surface area (Å²) in [6.45, 7) is 0. The highest BCUT2D eigenvalue weighted by Gasteiger charge is 2.19. The van der Waals surface area contributed by atoms with Gasteiger partial charge >= 0.3 is 16.3 Å². The van der Waals surface area contributed by atoms with Crippen molar-refractivity contribution in [2.75, 3.05) is 25.7 Å². The third-order valence-electron chi connectivity index (χ3n) is 1.40. The van der Waals surface area contributed by atoms with Crippen LogP contribution in [0, 0.1) is 0 Å². The molecule has 0 heterocycles. The van der Waals surface area contributed by atoms with Crippen LogP contribution < -0.4 is 0 Å². The number of rotatable bonds is 6. The standard InChI is InChI=1S/C6H12O8S2/c1-12-6(7)14-16(10,11)5-3-4-15(8,9)13-2/h3-5H2,1-2H3. The number of hydrogen-bond acceptors (Lipinski definition) is 8. The average molecular weight is 276 g/mol. The van der Waals surface area contributed by atoms with E-state index < -0.39 is 37.9 Å². The molecule has 0 unspecified atom stereocenters. The fraction of sp³-hybridized carbons (Fsp3) is 0.833. The van der Waals surface area contributed by atoms with Crippen LogP contribution in [0.2, 0.25) is 0 Å². The monoisotopic (exact) mass is 276 g/mol. The zero-order chi connectivity index (χ0) is 12.8. The molecule has 0 radical (unpaired) electrons. The summed E-state index contributed by atoms with van der Waals surface area (Å²) in [6.07, 6.45) is -1.61. The van der Waals surface area contributed by atoms with Gasteiger partial charge in [0, 0.05) is 0 Å². The molecule has 0 bridgehead atoms. The summed E-state index contributed by atoms with van der Waals surface area (Å²) in [5, 5.41) is 0. The van der Waals surface area contributed by atoms with E-state index in [1.165, 1.54) is 0 Å². The highest BCUT2D eigenvalue weighted by molar-refractivity contribution is 7.87. The van der Waals surface area contributed by atoms with Gasteiger partial charge in [-0.2, -0.15) is 16.8 Å². The Morgan fingerprint density at radius 2 is 1.50 bits per heavy atom. The molecule has 0 atom stereocenters. The van der Waals surface area contributed by atoms with E-state index in [-0.39, 0.29) is 6.42 Å². The van der Waals surface area contributed by atoms with Gasteiger partial charge in [-0.1, -0.05) is 0 Å². The molecule has 0 aromatic rings. The quantitative estimate of drug-likeness (QED) is 0.469. The normalized spacial score (nSPS) is 12.1. The molecule has 0 aliphatic heterocycles. The number of ether oxygens (including phenoxy) is 1. The summed E-state index contributed by atoms with van der Waals surface area (Å²) in [4.78, 5) is 10.5. The highest BCUT2D eigenvalue weighted by Crippen LogP contribution is 2.01. The molecule has 0 rings (SSSR count). The third kappa shape index (κ3) is 6.58. The maximum absolute atomic E-state index is 11.0. The summed E-state index contributed by atoms with van der Waals surface area (Å²) in [5.41, 5.74) is 0. The topological polar surface area (TPSA) is 113 Å². The first-order valence-corrected chi connectivity index (χ1v) is 7.16. The number of carbonyl (C=O) groups excluding carboxylic acids is 1. The van der Waals surface area contributed by atoms with E-state index in [1.54, 1.807) is 0 Å². The Bertz CT molecular complexity index is 419. The number of hydrogen-bond donors (Lipinski definition) is 0. The summed E-state index contributed by atoms with van der Waals surface area (Å²) in [6, 6.07) is 0. The van der Waals surface area contributed by atoms with Crippen molar-refractivity contribution in [1.82, 2.24) is 0 Å². The van der Waals surface area contributed by atoms with Crippen molar-refractivity contribution in [2.24, 2.45) is 0 Å². The number of methoxy groups -OCH3 is 1. The van der Waals surface area contributed by atoms with Crippen LogP contribution in [0.25, 0.3) is 0 Å². The van der Waals surface area contributed by atoms with E-state index in [1.807, 2.05) is 0 Å². The lowest BCUT2D eigenvalue weighted by atomic mass is 10.6. The SMILES string of the molecule is COC(=O)OS(=O)(=O)CCCS(=O)(=O)OC. The van der Waals surface area contributed by atoms with Crippen LogP contribution in [0.1, 0.15) is 6.42 Å². The average Bonchev–Trinajstić information content (AvgIpc) is 2.16. The lowest BCUT2D eigenvalue weighted by Crippen LogP contribution is -2.18. The van der Waals surface area contributed by atoms with Crippen LogP contribution in [-0.2, 0) is 33.3 Å². The van der Waals surface area contributed by atoms with Crippen molar-refractivity contribution in [3.63, 3.8) is 0 Å². The van der Waals surface area contributed by atoms with Crippen molar-refractivity contribution in [3.8, 4) is 0 Å². The van der Waals surface area contributed by atoms with E-state index in [9.17, 15) is 21.6 Å². The molecule has 0 aromatic heterocycles. The van der Waals surface area contributed by atoms with Crippen LogP contribution in [0.15, 0.2) is 0 Å². The van der Waals surface area contributed by atoms with Gasteiger partial charge in [0.15, 0.2) is 0 Å². The molecule has 10 heteroatoms. The van der Waals surface area contributed by atoms with Gasteiger partial charge in [-0.3, -0.25) is 4.18 Å². The lowest BCUT2D eigenvalue weighted by Gasteiger charge is -2.04. The molecule has 0 aromatic carbocycles. The van der Waals surface area contributed by atoms with Gasteiger partial charge in [-0.25, -0.2) is 4.79 Å². The maximum atomic E-state index is 11.0. The Morgan fingerprint density at radius 1 is 1.00 bits per heavy atom. The smallest absolute Gasteiger partial charge is 0.437 e. The number of carbonyl (C=O) groups is 1. The molecular weight excluding hydrogens is 264 g/mol. The van der Waals surface area contributed by atoms with Crippen LogP contribution in [0.3, 0.4) is 0 Å². The molecule has 0 aliphatic rings. The van der Waals surface area contributed by atoms with Crippen molar-refractivity contribution in [2.45, 2.75) is 6.42 Å². The largest absolute Gasteiger partial charge is 0.523 e. The van der Waals surface area contributed by atoms with Gasteiger partial charge in [0.2, 0.25) is 0 Å². The fourth-order valence-corrected chi connectivity index (χ4v) is 2.38. The lowest BCUT2D eigenvalue weighted by molar-refractivity contribution is 0.124. The second kappa shape index (κ2) is 6.01. The molecular formula is C6H12O8S2. The zero-order valence-electron chi connectivity index (χ0n) is 8.70. The molecule has 0 aliphatic carbocycles. The van der Waals surface area contributed by atoms with E-state index in [4.69, 9.17) is 0 Å². The summed E-state index contributed by atoms with van der Waals surface area (Å²) >= 11 is 0. The Balaban J connectivity index is 4.17. The molecule has 0 amide bonds. The second-order valence-corrected chi connectivity index (χ2v) is 6.13. The predicted octanol–water partition coefficient (Wildman–Crippen LogP) is -0.534. The van der Waals surface area contributed by atoms with Crippen LogP contribution in [0.4, 0.5) is 4.79 Å². The molecule has 8 nitrogen and oxygen atoms in total. The molecule has 16 heavy (non-hydrogen) atoms. The predicted molar refractivity (Wildman–Crippen MR) is 52.7 cm³/mol. The van der Waals surface area contributed by atoms with Crippen LogP contribution in [-0.4, -0.2) is 48.7 Å². The zero-order valence-corrected chi connectivity index (χ0v) is 10.3. The highest BCUT2D eigenvalue weighted by atomic mass is 32.2. The third-order valence-corrected chi connectivity index (χ3v) is 3.88. The second-order valence-electron chi connectivity index (χ2n) is 2.58.